The first-order valence-electron chi connectivity index (χ1n) is 8.28. The third-order valence-corrected chi connectivity index (χ3v) is 4.81. The molecule has 0 N–H and O–H groups in total. The summed E-state index contributed by atoms with van der Waals surface area (Å²) in [5.41, 5.74) is 5.66. The molecule has 1 aliphatic rings. The maximum atomic E-state index is 2.47. The maximum Gasteiger partial charge on any atom is 0.00959 e. The van der Waals surface area contributed by atoms with Gasteiger partial charge in [-0.1, -0.05) is 97.1 Å². The molecule has 3 aromatic carbocycles. The normalized spacial score (nSPS) is 20.3. The van der Waals surface area contributed by atoms with E-state index in [0.29, 0.717) is 11.8 Å². The van der Waals surface area contributed by atoms with Gasteiger partial charge >= 0.3 is 0 Å². The number of hydrogen-bond acceptors (Lipinski definition) is 0. The van der Waals surface area contributed by atoms with Crippen LogP contribution in [0.25, 0.3) is 5.57 Å². The van der Waals surface area contributed by atoms with E-state index in [1.165, 1.54) is 22.3 Å². The third-order valence-electron chi connectivity index (χ3n) is 4.81. The van der Waals surface area contributed by atoms with Crippen LogP contribution >= 0.6 is 0 Å². The molecule has 0 radical (unpaired) electrons. The lowest BCUT2D eigenvalue weighted by molar-refractivity contribution is 0.668. The summed E-state index contributed by atoms with van der Waals surface area (Å²) in [5, 5.41) is 0. The van der Waals surface area contributed by atoms with E-state index < -0.39 is 0 Å². The van der Waals surface area contributed by atoms with E-state index in [0.717, 1.165) is 6.42 Å². The van der Waals surface area contributed by atoms with Gasteiger partial charge in [-0.25, -0.2) is 0 Å². The second kappa shape index (κ2) is 6.26. The highest BCUT2D eigenvalue weighted by Crippen LogP contribution is 2.47. The van der Waals surface area contributed by atoms with E-state index in [2.05, 4.69) is 97.1 Å². The van der Waals surface area contributed by atoms with Gasteiger partial charge in [-0.15, -0.1) is 0 Å². The van der Waals surface area contributed by atoms with Gasteiger partial charge in [0.05, 0.1) is 0 Å². The Kier molecular flexibility index (Phi) is 3.81. The molecule has 0 nitrogen and oxygen atoms in total. The molecule has 23 heavy (non-hydrogen) atoms. The van der Waals surface area contributed by atoms with Crippen molar-refractivity contribution in [3.63, 3.8) is 0 Å². The first-order valence-corrected chi connectivity index (χ1v) is 8.28. The van der Waals surface area contributed by atoms with E-state index in [-0.39, 0.29) is 0 Å². The predicted molar refractivity (Wildman–Crippen MR) is 97.4 cm³/mol. The summed E-state index contributed by atoms with van der Waals surface area (Å²) in [6.07, 6.45) is 3.58. The van der Waals surface area contributed by atoms with Crippen molar-refractivity contribution >= 4 is 5.57 Å². The van der Waals surface area contributed by atoms with Crippen LogP contribution < -0.4 is 0 Å². The molecule has 0 amide bonds. The topological polar surface area (TPSA) is 0 Å². The summed E-state index contributed by atoms with van der Waals surface area (Å²) in [7, 11) is 0. The fourth-order valence-electron chi connectivity index (χ4n) is 3.66. The Balaban J connectivity index is 1.75. The Labute approximate surface area is 138 Å². The minimum atomic E-state index is 0.453. The molecule has 1 unspecified atom stereocenters. The quantitative estimate of drug-likeness (QED) is 0.552. The van der Waals surface area contributed by atoms with Crippen molar-refractivity contribution in [3.8, 4) is 0 Å². The molecule has 3 aromatic rings. The molecule has 0 heterocycles. The molecule has 0 aromatic heterocycles. The lowest BCUT2D eigenvalue weighted by atomic mass is 9.83. The smallest absolute Gasteiger partial charge is 0.00959 e. The molecule has 0 bridgehead atoms. The van der Waals surface area contributed by atoms with E-state index in [1.807, 2.05) is 0 Å². The van der Waals surface area contributed by atoms with Gasteiger partial charge in [-0.2, -0.15) is 0 Å². The molecule has 0 spiro atoms. The maximum absolute atomic E-state index is 2.47. The van der Waals surface area contributed by atoms with Crippen molar-refractivity contribution in [3.05, 3.63) is 114 Å². The summed E-state index contributed by atoms with van der Waals surface area (Å²) >= 11 is 0. The minimum Gasteiger partial charge on any atom is -0.0725 e. The van der Waals surface area contributed by atoms with E-state index in [9.17, 15) is 0 Å². The lowest BCUT2D eigenvalue weighted by Gasteiger charge is -2.20. The first kappa shape index (κ1) is 14.0. The van der Waals surface area contributed by atoms with Crippen molar-refractivity contribution in [2.75, 3.05) is 0 Å². The minimum absolute atomic E-state index is 0.453. The van der Waals surface area contributed by atoms with Gasteiger partial charge in [0.1, 0.15) is 0 Å². The standard InChI is InChI=1S/C23H20/c1-4-10-18(11-5-1)21-16-22(19-12-6-2-7-13-19)23(17-21)20-14-8-3-9-15-20/h1-16,22-23H,17H2/t22?,23-/m0/s1. The average Bonchev–Trinajstić information content (AvgIpc) is 3.09. The molecule has 0 fully saturated rings. The zero-order valence-electron chi connectivity index (χ0n) is 13.1. The summed E-state index contributed by atoms with van der Waals surface area (Å²) in [6.45, 7) is 0. The van der Waals surface area contributed by atoms with Crippen LogP contribution in [0.3, 0.4) is 0 Å². The van der Waals surface area contributed by atoms with Gasteiger partial charge in [0, 0.05) is 5.92 Å². The second-order valence-electron chi connectivity index (χ2n) is 6.22. The SMILES string of the molecule is C1=C(c2ccccc2)C[C@@H](c2ccccc2)C1c1ccccc1. The van der Waals surface area contributed by atoms with Crippen LogP contribution in [0.1, 0.15) is 34.9 Å². The van der Waals surface area contributed by atoms with Gasteiger partial charge in [-0.3, -0.25) is 0 Å². The van der Waals surface area contributed by atoms with Crippen molar-refractivity contribution < 1.29 is 0 Å². The molecule has 0 saturated heterocycles. The molecule has 2 atom stereocenters. The fraction of sp³-hybridized carbons (Fsp3) is 0.130. The summed E-state index contributed by atoms with van der Waals surface area (Å²) in [4.78, 5) is 0. The molecule has 0 heteroatoms. The fourth-order valence-corrected chi connectivity index (χ4v) is 3.66. The third kappa shape index (κ3) is 2.85. The zero-order valence-corrected chi connectivity index (χ0v) is 13.1. The molecule has 4 rings (SSSR count). The largest absolute Gasteiger partial charge is 0.0725 e. The van der Waals surface area contributed by atoms with Crippen LogP contribution in [0, 0.1) is 0 Å². The van der Waals surface area contributed by atoms with Crippen LogP contribution in [-0.2, 0) is 0 Å². The Morgan fingerprint density at radius 3 is 1.70 bits per heavy atom. The highest BCUT2D eigenvalue weighted by atomic mass is 14.3. The van der Waals surface area contributed by atoms with Crippen LogP contribution in [0.5, 0.6) is 0 Å². The van der Waals surface area contributed by atoms with E-state index in [1.54, 1.807) is 0 Å². The molecular formula is C23H20. The van der Waals surface area contributed by atoms with E-state index in [4.69, 9.17) is 0 Å². The summed E-state index contributed by atoms with van der Waals surface area (Å²) in [6, 6.07) is 32.6. The average molecular weight is 296 g/mol. The van der Waals surface area contributed by atoms with Gasteiger partial charge < -0.3 is 0 Å². The number of hydrogen-bond donors (Lipinski definition) is 0. The molecule has 112 valence electrons. The van der Waals surface area contributed by atoms with Crippen molar-refractivity contribution in [1.29, 1.82) is 0 Å². The number of allylic oxidation sites excluding steroid dienone is 2. The van der Waals surface area contributed by atoms with Gasteiger partial charge in [0.15, 0.2) is 0 Å². The monoisotopic (exact) mass is 296 g/mol. The first-order chi connectivity index (χ1) is 11.4. The number of rotatable bonds is 3. The van der Waals surface area contributed by atoms with Crippen LogP contribution in [-0.4, -0.2) is 0 Å². The second-order valence-corrected chi connectivity index (χ2v) is 6.22. The van der Waals surface area contributed by atoms with E-state index >= 15 is 0 Å². The van der Waals surface area contributed by atoms with Crippen molar-refractivity contribution in [1.82, 2.24) is 0 Å². The molecule has 1 aliphatic carbocycles. The number of benzene rings is 3. The van der Waals surface area contributed by atoms with Gasteiger partial charge in [0.2, 0.25) is 0 Å². The Hall–Kier alpha value is -2.60. The predicted octanol–water partition coefficient (Wildman–Crippen LogP) is 6.04. The van der Waals surface area contributed by atoms with Gasteiger partial charge in [-0.05, 0) is 34.6 Å². The lowest BCUT2D eigenvalue weighted by Crippen LogP contribution is -2.04. The molecule has 0 aliphatic heterocycles. The summed E-state index contributed by atoms with van der Waals surface area (Å²) in [5.74, 6) is 0.975. The highest BCUT2D eigenvalue weighted by Gasteiger charge is 2.30. The Morgan fingerprint density at radius 2 is 1.09 bits per heavy atom. The molecular weight excluding hydrogens is 276 g/mol. The van der Waals surface area contributed by atoms with Gasteiger partial charge in [0.25, 0.3) is 0 Å². The molecule has 0 saturated carbocycles. The Morgan fingerprint density at radius 1 is 0.565 bits per heavy atom. The summed E-state index contributed by atoms with van der Waals surface area (Å²) < 4.78 is 0. The van der Waals surface area contributed by atoms with Crippen LogP contribution in [0.4, 0.5) is 0 Å². The zero-order chi connectivity index (χ0) is 15.5. The van der Waals surface area contributed by atoms with Crippen molar-refractivity contribution in [2.24, 2.45) is 0 Å². The Bertz CT molecular complexity index is 785. The van der Waals surface area contributed by atoms with Crippen molar-refractivity contribution in [2.45, 2.75) is 18.3 Å². The van der Waals surface area contributed by atoms with Crippen LogP contribution in [0.15, 0.2) is 97.1 Å². The highest BCUT2D eigenvalue weighted by molar-refractivity contribution is 5.71. The van der Waals surface area contributed by atoms with Crippen LogP contribution in [0.2, 0.25) is 0 Å².